The number of nitrogen functional groups attached to an aromatic ring is 1. The standard InChI is InChI=1S/C13H18N4O2/c14-11-7-10(17(18)19)1-2-12(11)15-13-8-16-5-3-9(13)4-6-16/h1-2,7,9,13,15H,3-6,8,14H2. The second kappa shape index (κ2) is 4.70. The SMILES string of the molecule is Nc1cc([N+](=O)[O-])ccc1NC1CN2CCC1CC2. The van der Waals surface area contributed by atoms with Crippen LogP contribution in [0, 0.1) is 16.0 Å². The Balaban J connectivity index is 1.75. The molecule has 0 saturated carbocycles. The van der Waals surface area contributed by atoms with E-state index in [2.05, 4.69) is 10.2 Å². The second-order valence-electron chi connectivity index (χ2n) is 5.42. The molecule has 3 saturated heterocycles. The van der Waals surface area contributed by atoms with Crippen molar-refractivity contribution in [1.29, 1.82) is 0 Å². The van der Waals surface area contributed by atoms with E-state index in [-0.39, 0.29) is 5.69 Å². The van der Waals surface area contributed by atoms with E-state index in [0.717, 1.165) is 12.2 Å². The molecule has 0 aromatic heterocycles. The maximum atomic E-state index is 10.7. The summed E-state index contributed by atoms with van der Waals surface area (Å²) in [6.07, 6.45) is 2.45. The largest absolute Gasteiger partial charge is 0.397 e. The van der Waals surface area contributed by atoms with E-state index in [9.17, 15) is 10.1 Å². The van der Waals surface area contributed by atoms with Crippen LogP contribution >= 0.6 is 0 Å². The van der Waals surface area contributed by atoms with Crippen molar-refractivity contribution in [2.24, 2.45) is 5.92 Å². The molecule has 1 unspecified atom stereocenters. The van der Waals surface area contributed by atoms with E-state index in [4.69, 9.17) is 5.73 Å². The van der Waals surface area contributed by atoms with Crippen LogP contribution in [0.15, 0.2) is 18.2 Å². The maximum Gasteiger partial charge on any atom is 0.271 e. The van der Waals surface area contributed by atoms with Gasteiger partial charge in [0.1, 0.15) is 0 Å². The lowest BCUT2D eigenvalue weighted by molar-refractivity contribution is -0.384. The third-order valence-electron chi connectivity index (χ3n) is 4.24. The first kappa shape index (κ1) is 12.2. The minimum Gasteiger partial charge on any atom is -0.397 e. The van der Waals surface area contributed by atoms with Crippen LogP contribution in [0.3, 0.4) is 0 Å². The molecule has 1 atom stereocenters. The molecule has 3 N–H and O–H groups in total. The predicted octanol–water partition coefficient (Wildman–Crippen LogP) is 1.68. The summed E-state index contributed by atoms with van der Waals surface area (Å²) < 4.78 is 0. The third kappa shape index (κ3) is 2.35. The number of nitro benzene ring substituents is 1. The highest BCUT2D eigenvalue weighted by molar-refractivity contribution is 5.69. The number of nitro groups is 1. The Morgan fingerprint density at radius 2 is 2.11 bits per heavy atom. The van der Waals surface area contributed by atoms with E-state index in [1.165, 1.54) is 38.1 Å². The van der Waals surface area contributed by atoms with Gasteiger partial charge >= 0.3 is 0 Å². The summed E-state index contributed by atoms with van der Waals surface area (Å²) in [5, 5.41) is 14.1. The number of nitrogens with two attached hydrogens (primary N) is 1. The molecule has 3 aliphatic heterocycles. The molecule has 3 fully saturated rings. The van der Waals surface area contributed by atoms with Gasteiger partial charge in [-0.3, -0.25) is 10.1 Å². The summed E-state index contributed by atoms with van der Waals surface area (Å²) >= 11 is 0. The van der Waals surface area contributed by atoms with Gasteiger partial charge in [-0.1, -0.05) is 0 Å². The highest BCUT2D eigenvalue weighted by atomic mass is 16.6. The number of piperidine rings is 3. The van der Waals surface area contributed by atoms with Gasteiger partial charge in [-0.15, -0.1) is 0 Å². The quantitative estimate of drug-likeness (QED) is 0.492. The zero-order chi connectivity index (χ0) is 13.4. The Morgan fingerprint density at radius 3 is 2.63 bits per heavy atom. The van der Waals surface area contributed by atoms with Crippen molar-refractivity contribution < 1.29 is 4.92 Å². The number of nitrogens with one attached hydrogen (secondary N) is 1. The smallest absolute Gasteiger partial charge is 0.271 e. The molecule has 102 valence electrons. The minimum atomic E-state index is -0.422. The Hall–Kier alpha value is -1.82. The molecular formula is C13H18N4O2. The van der Waals surface area contributed by atoms with Gasteiger partial charge in [-0.2, -0.15) is 0 Å². The second-order valence-corrected chi connectivity index (χ2v) is 5.42. The fraction of sp³-hybridized carbons (Fsp3) is 0.538. The van der Waals surface area contributed by atoms with Crippen LogP contribution in [0.5, 0.6) is 0 Å². The highest BCUT2D eigenvalue weighted by Crippen LogP contribution is 2.32. The number of fused-ring (bicyclic) bond motifs is 3. The first-order chi connectivity index (χ1) is 9.13. The van der Waals surface area contributed by atoms with Crippen molar-refractivity contribution in [2.75, 3.05) is 30.7 Å². The Morgan fingerprint density at radius 1 is 1.37 bits per heavy atom. The van der Waals surface area contributed by atoms with Crippen LogP contribution < -0.4 is 11.1 Å². The average molecular weight is 262 g/mol. The normalized spacial score (nSPS) is 29.2. The fourth-order valence-electron chi connectivity index (χ4n) is 3.12. The molecule has 3 heterocycles. The van der Waals surface area contributed by atoms with Crippen molar-refractivity contribution in [1.82, 2.24) is 4.90 Å². The van der Waals surface area contributed by atoms with Crippen LogP contribution in [-0.4, -0.2) is 35.5 Å². The predicted molar refractivity (Wildman–Crippen MR) is 74.1 cm³/mol. The lowest BCUT2D eigenvalue weighted by atomic mass is 9.84. The summed E-state index contributed by atoms with van der Waals surface area (Å²) in [5.74, 6) is 0.694. The van der Waals surface area contributed by atoms with Crippen LogP contribution in [0.2, 0.25) is 0 Å². The van der Waals surface area contributed by atoms with E-state index >= 15 is 0 Å². The first-order valence-electron chi connectivity index (χ1n) is 6.66. The third-order valence-corrected chi connectivity index (χ3v) is 4.24. The van der Waals surface area contributed by atoms with Crippen LogP contribution in [0.25, 0.3) is 0 Å². The zero-order valence-corrected chi connectivity index (χ0v) is 10.7. The van der Waals surface area contributed by atoms with Gasteiger partial charge in [-0.25, -0.2) is 0 Å². The van der Waals surface area contributed by atoms with E-state index in [1.54, 1.807) is 6.07 Å². The average Bonchev–Trinajstić information content (AvgIpc) is 2.42. The highest BCUT2D eigenvalue weighted by Gasteiger charge is 2.34. The Kier molecular flexibility index (Phi) is 3.02. The molecule has 1 aromatic carbocycles. The van der Waals surface area contributed by atoms with Crippen molar-refractivity contribution in [3.8, 4) is 0 Å². The number of nitrogens with zero attached hydrogens (tertiary/aromatic N) is 2. The molecule has 6 nitrogen and oxygen atoms in total. The molecule has 3 aliphatic rings. The zero-order valence-electron chi connectivity index (χ0n) is 10.7. The minimum absolute atomic E-state index is 0.0389. The molecule has 0 spiro atoms. The molecule has 4 rings (SSSR count). The fourth-order valence-corrected chi connectivity index (χ4v) is 3.12. The van der Waals surface area contributed by atoms with Gasteiger partial charge < -0.3 is 16.0 Å². The topological polar surface area (TPSA) is 84.4 Å². The molecule has 0 amide bonds. The number of hydrogen-bond donors (Lipinski definition) is 2. The van der Waals surface area contributed by atoms with Crippen LogP contribution in [0.1, 0.15) is 12.8 Å². The number of non-ortho nitro benzene ring substituents is 1. The van der Waals surface area contributed by atoms with Crippen molar-refractivity contribution in [3.63, 3.8) is 0 Å². The van der Waals surface area contributed by atoms with E-state index in [1.807, 2.05) is 0 Å². The first-order valence-corrected chi connectivity index (χ1v) is 6.66. The lowest BCUT2D eigenvalue weighted by Gasteiger charge is -2.45. The molecular weight excluding hydrogens is 244 g/mol. The summed E-state index contributed by atoms with van der Waals surface area (Å²) in [5.41, 5.74) is 7.19. The van der Waals surface area contributed by atoms with Crippen molar-refractivity contribution in [2.45, 2.75) is 18.9 Å². The molecule has 6 heteroatoms. The van der Waals surface area contributed by atoms with Gasteiger partial charge in [0, 0.05) is 24.7 Å². The summed E-state index contributed by atoms with van der Waals surface area (Å²) in [6, 6.07) is 5.04. The van der Waals surface area contributed by atoms with Crippen LogP contribution in [0.4, 0.5) is 17.1 Å². The lowest BCUT2D eigenvalue weighted by Crippen LogP contribution is -2.53. The Labute approximate surface area is 111 Å². The number of hydrogen-bond acceptors (Lipinski definition) is 5. The Bertz CT molecular complexity index is 497. The summed E-state index contributed by atoms with van der Waals surface area (Å²) in [4.78, 5) is 12.7. The number of anilines is 2. The summed E-state index contributed by atoms with van der Waals surface area (Å²) in [6.45, 7) is 3.43. The van der Waals surface area contributed by atoms with Gasteiger partial charge in [0.25, 0.3) is 5.69 Å². The molecule has 0 aliphatic carbocycles. The number of benzene rings is 1. The molecule has 19 heavy (non-hydrogen) atoms. The molecule has 2 bridgehead atoms. The van der Waals surface area contributed by atoms with E-state index < -0.39 is 4.92 Å². The maximum absolute atomic E-state index is 10.7. The van der Waals surface area contributed by atoms with Gasteiger partial charge in [0.2, 0.25) is 0 Å². The number of rotatable bonds is 3. The summed E-state index contributed by atoms with van der Waals surface area (Å²) in [7, 11) is 0. The van der Waals surface area contributed by atoms with Gasteiger partial charge in [0.15, 0.2) is 0 Å². The van der Waals surface area contributed by atoms with Crippen molar-refractivity contribution in [3.05, 3.63) is 28.3 Å². The van der Waals surface area contributed by atoms with Crippen molar-refractivity contribution >= 4 is 17.1 Å². The molecule has 0 radical (unpaired) electrons. The van der Waals surface area contributed by atoms with Gasteiger partial charge in [-0.05, 0) is 37.9 Å². The van der Waals surface area contributed by atoms with Gasteiger partial charge in [0.05, 0.1) is 16.3 Å². The molecule has 1 aromatic rings. The monoisotopic (exact) mass is 262 g/mol. The van der Waals surface area contributed by atoms with Crippen LogP contribution in [-0.2, 0) is 0 Å². The van der Waals surface area contributed by atoms with E-state index in [0.29, 0.717) is 17.6 Å².